The minimum absolute atomic E-state index is 0.0539. The van der Waals surface area contributed by atoms with E-state index < -0.39 is 28.3 Å². The Morgan fingerprint density at radius 2 is 1.67 bits per heavy atom. The van der Waals surface area contributed by atoms with Crippen molar-refractivity contribution >= 4 is 38.9 Å². The molecule has 3 aromatic rings. The molecule has 0 heterocycles. The molecule has 0 fully saturated rings. The Balaban J connectivity index is 2.05. The Morgan fingerprint density at radius 1 is 1.00 bits per heavy atom. The summed E-state index contributed by atoms with van der Waals surface area (Å²) in [5, 5.41) is 2.42. The average Bonchev–Trinajstić information content (AvgIpc) is 2.73. The summed E-state index contributed by atoms with van der Waals surface area (Å²) < 4.78 is 47.3. The van der Waals surface area contributed by atoms with Gasteiger partial charge in [-0.3, -0.25) is 9.10 Å². The van der Waals surface area contributed by atoms with Crippen molar-refractivity contribution in [2.24, 2.45) is 0 Å². The molecule has 3 aromatic carbocycles. The molecule has 3 rings (SSSR count). The third kappa shape index (κ3) is 5.64. The van der Waals surface area contributed by atoms with Crippen molar-refractivity contribution in [1.82, 2.24) is 0 Å². The van der Waals surface area contributed by atoms with Crippen LogP contribution in [0.4, 0.5) is 15.8 Å². The number of methoxy groups -OCH3 is 1. The van der Waals surface area contributed by atoms with Crippen molar-refractivity contribution in [1.29, 1.82) is 0 Å². The van der Waals surface area contributed by atoms with Gasteiger partial charge in [0.1, 0.15) is 23.0 Å². The lowest BCUT2D eigenvalue weighted by Gasteiger charge is -2.26. The Bertz CT molecular complexity index is 1290. The molecule has 0 atom stereocenters. The molecular formula is C24H24ClFN2O4S. The Labute approximate surface area is 198 Å². The number of hydrogen-bond donors (Lipinski definition) is 1. The molecule has 0 saturated heterocycles. The van der Waals surface area contributed by atoms with E-state index in [1.807, 2.05) is 19.9 Å². The number of carbonyl (C=O) groups is 1. The number of rotatable bonds is 7. The summed E-state index contributed by atoms with van der Waals surface area (Å²) in [4.78, 5) is 12.8. The number of amides is 1. The van der Waals surface area contributed by atoms with Gasteiger partial charge in [-0.05, 0) is 79.9 Å². The number of nitrogens with one attached hydrogen (secondary N) is 1. The first-order valence-corrected chi connectivity index (χ1v) is 11.8. The zero-order chi connectivity index (χ0) is 24.3. The molecule has 0 saturated carbocycles. The standard InChI is InChI=1S/C24H24ClFN2O4S/c1-15-5-8-22(32-4)23(12-15)33(30,31)28(19-10-16(2)9-17(3)11-19)14-24(29)27-18-6-7-21(26)20(25)13-18/h5-13H,14H2,1-4H3,(H,27,29). The first-order chi connectivity index (χ1) is 15.5. The molecule has 0 aliphatic carbocycles. The maximum Gasteiger partial charge on any atom is 0.268 e. The largest absolute Gasteiger partial charge is 0.495 e. The number of halogens is 2. The molecule has 1 N–H and O–H groups in total. The van der Waals surface area contributed by atoms with Crippen molar-refractivity contribution < 1.29 is 22.3 Å². The van der Waals surface area contributed by atoms with Gasteiger partial charge in [0, 0.05) is 5.69 Å². The molecule has 6 nitrogen and oxygen atoms in total. The average molecular weight is 491 g/mol. The number of aryl methyl sites for hydroxylation is 3. The second-order valence-electron chi connectivity index (χ2n) is 7.69. The van der Waals surface area contributed by atoms with E-state index in [1.165, 1.54) is 25.3 Å². The number of sulfonamides is 1. The van der Waals surface area contributed by atoms with Crippen LogP contribution in [0, 0.1) is 26.6 Å². The van der Waals surface area contributed by atoms with Gasteiger partial charge in [-0.1, -0.05) is 23.7 Å². The zero-order valence-corrected chi connectivity index (χ0v) is 20.2. The highest BCUT2D eigenvalue weighted by Gasteiger charge is 2.30. The van der Waals surface area contributed by atoms with Gasteiger partial charge in [0.2, 0.25) is 5.91 Å². The number of carbonyl (C=O) groups excluding carboxylic acids is 1. The number of benzene rings is 3. The van der Waals surface area contributed by atoms with Crippen molar-refractivity contribution in [3.05, 3.63) is 82.1 Å². The van der Waals surface area contributed by atoms with E-state index in [-0.39, 0.29) is 21.4 Å². The monoisotopic (exact) mass is 490 g/mol. The van der Waals surface area contributed by atoms with E-state index in [0.717, 1.165) is 27.1 Å². The van der Waals surface area contributed by atoms with Crippen molar-refractivity contribution in [3.8, 4) is 5.75 Å². The highest BCUT2D eigenvalue weighted by molar-refractivity contribution is 7.93. The third-order valence-corrected chi connectivity index (χ3v) is 6.96. The summed E-state index contributed by atoms with van der Waals surface area (Å²) in [6.07, 6.45) is 0. The van der Waals surface area contributed by atoms with E-state index in [1.54, 1.807) is 31.2 Å². The minimum atomic E-state index is -4.19. The van der Waals surface area contributed by atoms with Crippen LogP contribution in [0.25, 0.3) is 0 Å². The minimum Gasteiger partial charge on any atom is -0.495 e. The van der Waals surface area contributed by atoms with Gasteiger partial charge < -0.3 is 10.1 Å². The van der Waals surface area contributed by atoms with Crippen LogP contribution in [0.5, 0.6) is 5.75 Å². The molecule has 0 aromatic heterocycles. The number of ether oxygens (including phenoxy) is 1. The summed E-state index contributed by atoms with van der Waals surface area (Å²) in [5.74, 6) is -1.08. The van der Waals surface area contributed by atoms with Gasteiger partial charge in [-0.2, -0.15) is 0 Å². The van der Waals surface area contributed by atoms with Crippen LogP contribution in [0.1, 0.15) is 16.7 Å². The van der Waals surface area contributed by atoms with E-state index in [0.29, 0.717) is 5.69 Å². The van der Waals surface area contributed by atoms with Crippen LogP contribution in [0.15, 0.2) is 59.5 Å². The van der Waals surface area contributed by atoms with Crippen LogP contribution in [0.3, 0.4) is 0 Å². The SMILES string of the molecule is COc1ccc(C)cc1S(=O)(=O)N(CC(=O)Nc1ccc(F)c(Cl)c1)c1cc(C)cc(C)c1. The Kier molecular flexibility index (Phi) is 7.29. The quantitative estimate of drug-likeness (QED) is 0.491. The predicted molar refractivity (Wildman–Crippen MR) is 128 cm³/mol. The Morgan fingerprint density at radius 3 is 2.27 bits per heavy atom. The fraction of sp³-hybridized carbons (Fsp3) is 0.208. The number of nitrogens with zero attached hydrogens (tertiary/aromatic N) is 1. The number of hydrogen-bond acceptors (Lipinski definition) is 4. The molecule has 33 heavy (non-hydrogen) atoms. The van der Waals surface area contributed by atoms with Crippen molar-refractivity contribution in [2.75, 3.05) is 23.3 Å². The molecule has 0 spiro atoms. The summed E-state index contributed by atoms with van der Waals surface area (Å²) >= 11 is 5.79. The van der Waals surface area contributed by atoms with Gasteiger partial charge in [-0.15, -0.1) is 0 Å². The third-order valence-electron chi connectivity index (χ3n) is 4.87. The molecular weight excluding hydrogens is 467 g/mol. The summed E-state index contributed by atoms with van der Waals surface area (Å²) in [5.41, 5.74) is 2.99. The highest BCUT2D eigenvalue weighted by Crippen LogP contribution is 2.32. The Hall–Kier alpha value is -3.10. The van der Waals surface area contributed by atoms with Crippen molar-refractivity contribution in [3.63, 3.8) is 0 Å². The van der Waals surface area contributed by atoms with Crippen molar-refractivity contribution in [2.45, 2.75) is 25.7 Å². The van der Waals surface area contributed by atoms with Gasteiger partial charge in [-0.25, -0.2) is 12.8 Å². The maximum absolute atomic E-state index is 13.8. The summed E-state index contributed by atoms with van der Waals surface area (Å²) in [6.45, 7) is 4.94. The van der Waals surface area contributed by atoms with E-state index >= 15 is 0 Å². The topological polar surface area (TPSA) is 75.7 Å². The molecule has 0 aliphatic rings. The van der Waals surface area contributed by atoms with Gasteiger partial charge >= 0.3 is 0 Å². The second kappa shape index (κ2) is 9.80. The molecule has 1 amide bonds. The van der Waals surface area contributed by atoms with E-state index in [4.69, 9.17) is 16.3 Å². The van der Waals surface area contributed by atoms with Crippen LogP contribution < -0.4 is 14.4 Å². The molecule has 9 heteroatoms. The lowest BCUT2D eigenvalue weighted by atomic mass is 10.1. The van der Waals surface area contributed by atoms with Crippen LogP contribution in [-0.4, -0.2) is 28.0 Å². The zero-order valence-electron chi connectivity index (χ0n) is 18.6. The summed E-state index contributed by atoms with van der Waals surface area (Å²) in [7, 11) is -2.81. The fourth-order valence-electron chi connectivity index (χ4n) is 3.42. The van der Waals surface area contributed by atoms with Gasteiger partial charge in [0.05, 0.1) is 17.8 Å². The van der Waals surface area contributed by atoms with E-state index in [2.05, 4.69) is 5.32 Å². The molecule has 0 unspecified atom stereocenters. The second-order valence-corrected chi connectivity index (χ2v) is 9.93. The first kappa shape index (κ1) is 24.5. The molecule has 0 radical (unpaired) electrons. The fourth-order valence-corrected chi connectivity index (χ4v) is 5.25. The lowest BCUT2D eigenvalue weighted by Crippen LogP contribution is -2.38. The van der Waals surface area contributed by atoms with Gasteiger partial charge in [0.15, 0.2) is 0 Å². The lowest BCUT2D eigenvalue weighted by molar-refractivity contribution is -0.114. The number of anilines is 2. The van der Waals surface area contributed by atoms with E-state index in [9.17, 15) is 17.6 Å². The first-order valence-electron chi connectivity index (χ1n) is 10.0. The molecule has 0 bridgehead atoms. The summed E-state index contributed by atoms with van der Waals surface area (Å²) in [6, 6.07) is 13.8. The highest BCUT2D eigenvalue weighted by atomic mass is 35.5. The molecule has 0 aliphatic heterocycles. The predicted octanol–water partition coefficient (Wildman–Crippen LogP) is 5.25. The molecule has 174 valence electrons. The normalized spacial score (nSPS) is 11.2. The van der Waals surface area contributed by atoms with Crippen LogP contribution in [0.2, 0.25) is 5.02 Å². The van der Waals surface area contributed by atoms with Crippen LogP contribution in [-0.2, 0) is 14.8 Å². The maximum atomic E-state index is 13.8. The van der Waals surface area contributed by atoms with Gasteiger partial charge in [0.25, 0.3) is 10.0 Å². The smallest absolute Gasteiger partial charge is 0.268 e. The van der Waals surface area contributed by atoms with Crippen LogP contribution >= 0.6 is 11.6 Å².